The highest BCUT2D eigenvalue weighted by atomic mass is 16.5. The fourth-order valence-corrected chi connectivity index (χ4v) is 1.58. The van der Waals surface area contributed by atoms with E-state index in [1.807, 2.05) is 20.8 Å². The van der Waals surface area contributed by atoms with Gasteiger partial charge in [0, 0.05) is 0 Å². The average molecular weight is 266 g/mol. The maximum absolute atomic E-state index is 9.28. The molecule has 0 bridgehead atoms. The first-order valence-electron chi connectivity index (χ1n) is 6.89. The fourth-order valence-electron chi connectivity index (χ4n) is 1.58. The monoisotopic (exact) mass is 266 g/mol. The van der Waals surface area contributed by atoms with Gasteiger partial charge >= 0.3 is 0 Å². The Morgan fingerprint density at radius 1 is 1.11 bits per heavy atom. The second-order valence-corrected chi connectivity index (χ2v) is 5.71. The maximum Gasteiger partial charge on any atom is 0.104 e. The van der Waals surface area contributed by atoms with Crippen LogP contribution in [0.1, 0.15) is 38.8 Å². The molecule has 0 heterocycles. The lowest BCUT2D eigenvalue weighted by Gasteiger charge is -2.23. The Kier molecular flexibility index (Phi) is 6.49. The summed E-state index contributed by atoms with van der Waals surface area (Å²) in [7, 11) is 0. The minimum atomic E-state index is -0.273. The molecule has 0 saturated heterocycles. The van der Waals surface area contributed by atoms with E-state index >= 15 is 0 Å². The van der Waals surface area contributed by atoms with E-state index < -0.39 is 0 Å². The van der Waals surface area contributed by atoms with E-state index in [-0.39, 0.29) is 18.3 Å². The Labute approximate surface area is 116 Å². The van der Waals surface area contributed by atoms with Crippen LogP contribution < -0.4 is 0 Å². The fraction of sp³-hybridized carbons (Fsp3) is 0.625. The number of hydrogen-bond acceptors (Lipinski definition) is 3. The molecule has 0 radical (unpaired) electrons. The van der Waals surface area contributed by atoms with E-state index in [1.165, 1.54) is 5.56 Å². The molecule has 1 unspecified atom stereocenters. The Morgan fingerprint density at radius 2 is 1.68 bits per heavy atom. The summed E-state index contributed by atoms with van der Waals surface area (Å²) in [5.74, 6) is 0. The Morgan fingerprint density at radius 3 is 2.16 bits per heavy atom. The maximum atomic E-state index is 9.28. The molecule has 0 aliphatic rings. The van der Waals surface area contributed by atoms with E-state index in [1.54, 1.807) is 0 Å². The molecule has 0 spiro atoms. The normalized spacial score (nSPS) is 13.5. The van der Waals surface area contributed by atoms with Crippen molar-refractivity contribution >= 4 is 0 Å². The third kappa shape index (κ3) is 6.71. The quantitative estimate of drug-likeness (QED) is 0.824. The van der Waals surface area contributed by atoms with Gasteiger partial charge in [-0.15, -0.1) is 0 Å². The second-order valence-electron chi connectivity index (χ2n) is 5.71. The summed E-state index contributed by atoms with van der Waals surface area (Å²) in [4.78, 5) is 0. The van der Waals surface area contributed by atoms with Crippen molar-refractivity contribution in [2.75, 3.05) is 13.2 Å². The number of ether oxygens (including phenoxy) is 2. The van der Waals surface area contributed by atoms with Gasteiger partial charge in [-0.1, -0.05) is 31.2 Å². The van der Waals surface area contributed by atoms with E-state index in [0.717, 1.165) is 12.0 Å². The van der Waals surface area contributed by atoms with Crippen LogP contribution in [0, 0.1) is 0 Å². The van der Waals surface area contributed by atoms with Crippen molar-refractivity contribution in [1.29, 1.82) is 0 Å². The molecule has 19 heavy (non-hydrogen) atoms. The average Bonchev–Trinajstić information content (AvgIpc) is 2.38. The SMILES string of the molecule is CCc1ccc(COC(CO)COC(C)(C)C)cc1. The third-order valence-corrected chi connectivity index (χ3v) is 2.82. The molecule has 1 N–H and O–H groups in total. The van der Waals surface area contributed by atoms with Crippen molar-refractivity contribution in [3.63, 3.8) is 0 Å². The third-order valence-electron chi connectivity index (χ3n) is 2.82. The molecule has 0 aromatic heterocycles. The highest BCUT2D eigenvalue weighted by Crippen LogP contribution is 2.11. The number of aliphatic hydroxyl groups is 1. The zero-order chi connectivity index (χ0) is 14.3. The lowest BCUT2D eigenvalue weighted by Crippen LogP contribution is -2.30. The van der Waals surface area contributed by atoms with Crippen LogP contribution in [0.4, 0.5) is 0 Å². The molecular weight excluding hydrogens is 240 g/mol. The van der Waals surface area contributed by atoms with Crippen molar-refractivity contribution in [1.82, 2.24) is 0 Å². The minimum Gasteiger partial charge on any atom is -0.394 e. The van der Waals surface area contributed by atoms with Gasteiger partial charge in [0.25, 0.3) is 0 Å². The van der Waals surface area contributed by atoms with Crippen LogP contribution in [-0.2, 0) is 22.5 Å². The first kappa shape index (κ1) is 16.2. The highest BCUT2D eigenvalue weighted by molar-refractivity contribution is 5.21. The first-order chi connectivity index (χ1) is 8.94. The first-order valence-corrected chi connectivity index (χ1v) is 6.89. The molecule has 1 aromatic carbocycles. The van der Waals surface area contributed by atoms with Crippen LogP contribution in [0.25, 0.3) is 0 Å². The van der Waals surface area contributed by atoms with Gasteiger partial charge in [-0.2, -0.15) is 0 Å². The number of aryl methyl sites for hydroxylation is 1. The van der Waals surface area contributed by atoms with E-state index in [9.17, 15) is 5.11 Å². The molecule has 1 aromatic rings. The predicted molar refractivity (Wildman–Crippen MR) is 77.2 cm³/mol. The summed E-state index contributed by atoms with van der Waals surface area (Å²) in [5.41, 5.74) is 2.23. The van der Waals surface area contributed by atoms with Crippen LogP contribution >= 0.6 is 0 Å². The van der Waals surface area contributed by atoms with Gasteiger partial charge < -0.3 is 14.6 Å². The standard InChI is InChI=1S/C16H26O3/c1-5-13-6-8-14(9-7-13)11-18-15(10-17)12-19-16(2,3)4/h6-9,15,17H,5,10-12H2,1-4H3. The zero-order valence-corrected chi connectivity index (χ0v) is 12.5. The van der Waals surface area contributed by atoms with Gasteiger partial charge in [-0.3, -0.25) is 0 Å². The van der Waals surface area contributed by atoms with Gasteiger partial charge in [-0.05, 0) is 38.3 Å². The molecule has 3 nitrogen and oxygen atoms in total. The van der Waals surface area contributed by atoms with Crippen LogP contribution in [0.3, 0.4) is 0 Å². The summed E-state index contributed by atoms with van der Waals surface area (Å²) in [6, 6.07) is 8.35. The number of hydrogen-bond donors (Lipinski definition) is 1. The van der Waals surface area contributed by atoms with Crippen molar-refractivity contribution < 1.29 is 14.6 Å². The van der Waals surface area contributed by atoms with Gasteiger partial charge in [0.1, 0.15) is 6.10 Å². The van der Waals surface area contributed by atoms with Crippen LogP contribution in [0.2, 0.25) is 0 Å². The summed E-state index contributed by atoms with van der Waals surface area (Å²) >= 11 is 0. The molecule has 1 atom stereocenters. The Hall–Kier alpha value is -0.900. The Balaban J connectivity index is 2.39. The van der Waals surface area contributed by atoms with Crippen molar-refractivity contribution in [3.8, 4) is 0 Å². The number of benzene rings is 1. The van der Waals surface area contributed by atoms with Crippen molar-refractivity contribution in [3.05, 3.63) is 35.4 Å². The van der Waals surface area contributed by atoms with Crippen LogP contribution in [-0.4, -0.2) is 30.0 Å². The van der Waals surface area contributed by atoms with E-state index in [0.29, 0.717) is 13.2 Å². The van der Waals surface area contributed by atoms with Crippen molar-refractivity contribution in [2.24, 2.45) is 0 Å². The molecule has 0 aliphatic carbocycles. The van der Waals surface area contributed by atoms with Gasteiger partial charge in [0.05, 0.1) is 25.4 Å². The van der Waals surface area contributed by atoms with Gasteiger partial charge in [-0.25, -0.2) is 0 Å². The van der Waals surface area contributed by atoms with E-state index in [4.69, 9.17) is 9.47 Å². The van der Waals surface area contributed by atoms with E-state index in [2.05, 4.69) is 31.2 Å². The largest absolute Gasteiger partial charge is 0.394 e. The number of rotatable bonds is 7. The highest BCUT2D eigenvalue weighted by Gasteiger charge is 2.15. The van der Waals surface area contributed by atoms with Crippen LogP contribution in [0.5, 0.6) is 0 Å². The lowest BCUT2D eigenvalue weighted by molar-refractivity contribution is -0.0917. The predicted octanol–water partition coefficient (Wildman–Crippen LogP) is 2.94. The summed E-state index contributed by atoms with van der Waals surface area (Å²) in [5, 5.41) is 9.28. The Bertz CT molecular complexity index is 351. The molecule has 3 heteroatoms. The molecule has 0 amide bonds. The van der Waals surface area contributed by atoms with Gasteiger partial charge in [0.15, 0.2) is 0 Å². The lowest BCUT2D eigenvalue weighted by atomic mass is 10.1. The minimum absolute atomic E-state index is 0.0247. The molecule has 108 valence electrons. The summed E-state index contributed by atoms with van der Waals surface area (Å²) < 4.78 is 11.3. The molecule has 0 aliphatic heterocycles. The van der Waals surface area contributed by atoms with Crippen molar-refractivity contribution in [2.45, 2.75) is 52.4 Å². The van der Waals surface area contributed by atoms with Gasteiger partial charge in [0.2, 0.25) is 0 Å². The molecular formula is C16H26O3. The summed E-state index contributed by atoms with van der Waals surface area (Å²) in [6.07, 6.45) is 0.768. The topological polar surface area (TPSA) is 38.7 Å². The second kappa shape index (κ2) is 7.63. The molecule has 0 saturated carbocycles. The zero-order valence-electron chi connectivity index (χ0n) is 12.5. The molecule has 0 fully saturated rings. The van der Waals surface area contributed by atoms with Crippen LogP contribution in [0.15, 0.2) is 24.3 Å². The summed E-state index contributed by atoms with van der Waals surface area (Å²) in [6.45, 7) is 9.00. The molecule has 1 rings (SSSR count). The smallest absolute Gasteiger partial charge is 0.104 e. The number of aliphatic hydroxyl groups excluding tert-OH is 1.